The van der Waals surface area contributed by atoms with Crippen molar-refractivity contribution in [3.8, 4) is 6.07 Å². The molecule has 0 saturated carbocycles. The number of ketones is 1. The van der Waals surface area contributed by atoms with Crippen molar-refractivity contribution in [2.75, 3.05) is 10.6 Å². The fourth-order valence-electron chi connectivity index (χ4n) is 2.66. The zero-order valence-corrected chi connectivity index (χ0v) is 16.0. The van der Waals surface area contributed by atoms with E-state index in [-0.39, 0.29) is 17.3 Å². The maximum absolute atomic E-state index is 12.6. The molecule has 0 heterocycles. The molecule has 0 bridgehead atoms. The maximum Gasteiger partial charge on any atom is 0.267 e. The van der Waals surface area contributed by atoms with Gasteiger partial charge in [0.05, 0.1) is 0 Å². The summed E-state index contributed by atoms with van der Waals surface area (Å²) in [6.45, 7) is 7.50. The van der Waals surface area contributed by atoms with E-state index in [0.29, 0.717) is 11.3 Å². The molecule has 5 nitrogen and oxygen atoms in total. The lowest BCUT2D eigenvalue weighted by Crippen LogP contribution is -2.17. The highest BCUT2D eigenvalue weighted by Crippen LogP contribution is 2.27. The molecular weight excluding hydrogens is 338 g/mol. The van der Waals surface area contributed by atoms with Crippen LogP contribution in [0, 0.1) is 18.3 Å². The first kappa shape index (κ1) is 19.9. The molecule has 2 aromatic rings. The quantitative estimate of drug-likeness (QED) is 0.441. The van der Waals surface area contributed by atoms with Crippen LogP contribution in [0.25, 0.3) is 0 Å². The summed E-state index contributed by atoms with van der Waals surface area (Å²) >= 11 is 0. The number of benzene rings is 2. The van der Waals surface area contributed by atoms with Crippen molar-refractivity contribution in [2.24, 2.45) is 0 Å². The lowest BCUT2D eigenvalue weighted by molar-refractivity contribution is -0.112. The van der Waals surface area contributed by atoms with Crippen LogP contribution in [0.5, 0.6) is 0 Å². The third kappa shape index (κ3) is 5.05. The van der Waals surface area contributed by atoms with Gasteiger partial charge in [-0.15, -0.1) is 0 Å². The number of Topliss-reactive ketones (excluding diaryl/α,β-unsaturated/α-hetero) is 1. The molecule has 27 heavy (non-hydrogen) atoms. The van der Waals surface area contributed by atoms with E-state index in [1.807, 2.05) is 31.2 Å². The van der Waals surface area contributed by atoms with Gasteiger partial charge in [0.15, 0.2) is 5.78 Å². The Morgan fingerprint density at radius 2 is 1.85 bits per heavy atom. The number of hydrogen-bond donors (Lipinski definition) is 2. The number of anilines is 2. The minimum atomic E-state index is -0.482. The summed E-state index contributed by atoms with van der Waals surface area (Å²) in [4.78, 5) is 24.0. The van der Waals surface area contributed by atoms with Gasteiger partial charge in [-0.05, 0) is 43.0 Å². The Balaban J connectivity index is 2.22. The lowest BCUT2D eigenvalue weighted by atomic mass is 9.98. The second kappa shape index (κ2) is 8.81. The van der Waals surface area contributed by atoms with Gasteiger partial charge < -0.3 is 10.6 Å². The Hall–Kier alpha value is -3.39. The second-order valence-corrected chi connectivity index (χ2v) is 6.60. The van der Waals surface area contributed by atoms with Crippen molar-refractivity contribution in [1.82, 2.24) is 0 Å². The zero-order chi connectivity index (χ0) is 20.0. The van der Waals surface area contributed by atoms with Crippen LogP contribution >= 0.6 is 0 Å². The van der Waals surface area contributed by atoms with Crippen LogP contribution in [0.15, 0.2) is 54.2 Å². The van der Waals surface area contributed by atoms with E-state index in [0.717, 1.165) is 16.8 Å². The summed E-state index contributed by atoms with van der Waals surface area (Å²) < 4.78 is 0. The number of carbonyl (C=O) groups is 2. The average Bonchev–Trinajstić information content (AvgIpc) is 2.63. The van der Waals surface area contributed by atoms with Crippen molar-refractivity contribution in [3.05, 3.63) is 70.9 Å². The highest BCUT2D eigenvalue weighted by atomic mass is 16.1. The molecule has 0 unspecified atom stereocenters. The summed E-state index contributed by atoms with van der Waals surface area (Å²) in [5.41, 5.74) is 3.81. The van der Waals surface area contributed by atoms with Gasteiger partial charge in [-0.1, -0.05) is 44.2 Å². The molecule has 2 rings (SSSR count). The highest BCUT2D eigenvalue weighted by molar-refractivity contribution is 6.07. The number of hydrogen-bond acceptors (Lipinski definition) is 4. The van der Waals surface area contributed by atoms with Crippen molar-refractivity contribution in [1.29, 1.82) is 5.26 Å². The summed E-state index contributed by atoms with van der Waals surface area (Å²) in [6, 6.07) is 14.6. The molecule has 2 N–H and O–H groups in total. The SMILES string of the molecule is CC(=O)c1cccc(N/C=C(/C#N)C(=O)Nc2c(C)cccc2C(C)C)c1. The Labute approximate surface area is 159 Å². The number of carbonyl (C=O) groups excluding carboxylic acids is 2. The van der Waals surface area contributed by atoms with Gasteiger partial charge in [-0.3, -0.25) is 9.59 Å². The highest BCUT2D eigenvalue weighted by Gasteiger charge is 2.15. The van der Waals surface area contributed by atoms with E-state index in [2.05, 4.69) is 24.5 Å². The normalized spacial score (nSPS) is 11.0. The minimum absolute atomic E-state index is 0.0540. The monoisotopic (exact) mass is 361 g/mol. The van der Waals surface area contributed by atoms with Gasteiger partial charge in [0.1, 0.15) is 11.6 Å². The fourth-order valence-corrected chi connectivity index (χ4v) is 2.66. The van der Waals surface area contributed by atoms with Gasteiger partial charge in [0.25, 0.3) is 5.91 Å². The number of aryl methyl sites for hydroxylation is 1. The van der Waals surface area contributed by atoms with E-state index < -0.39 is 5.91 Å². The predicted molar refractivity (Wildman–Crippen MR) is 108 cm³/mol. The first-order valence-corrected chi connectivity index (χ1v) is 8.72. The van der Waals surface area contributed by atoms with Crippen molar-refractivity contribution in [3.63, 3.8) is 0 Å². The lowest BCUT2D eigenvalue weighted by Gasteiger charge is -2.16. The molecule has 2 aromatic carbocycles. The van der Waals surface area contributed by atoms with Crippen LogP contribution < -0.4 is 10.6 Å². The standard InChI is InChI=1S/C22H23N3O2/c1-14(2)20-10-5-7-15(3)21(20)25-22(27)18(12-23)13-24-19-9-6-8-17(11-19)16(4)26/h5-11,13-14,24H,1-4H3,(H,25,27)/b18-13-. The van der Waals surface area contributed by atoms with Crippen LogP contribution in [0.3, 0.4) is 0 Å². The van der Waals surface area contributed by atoms with Crippen LogP contribution in [0.2, 0.25) is 0 Å². The van der Waals surface area contributed by atoms with E-state index in [9.17, 15) is 14.9 Å². The average molecular weight is 361 g/mol. The molecule has 0 aliphatic carbocycles. The predicted octanol–water partition coefficient (Wildman–Crippen LogP) is 4.78. The largest absolute Gasteiger partial charge is 0.360 e. The Bertz CT molecular complexity index is 937. The molecule has 0 aliphatic rings. The number of para-hydroxylation sites is 1. The fraction of sp³-hybridized carbons (Fsp3) is 0.227. The Morgan fingerprint density at radius 3 is 2.48 bits per heavy atom. The number of nitrogens with zero attached hydrogens (tertiary/aromatic N) is 1. The molecule has 0 radical (unpaired) electrons. The number of nitriles is 1. The molecule has 0 atom stereocenters. The molecule has 0 aromatic heterocycles. The third-order valence-corrected chi connectivity index (χ3v) is 4.18. The summed E-state index contributed by atoms with van der Waals surface area (Å²) in [5, 5.41) is 15.1. The van der Waals surface area contributed by atoms with Crippen LogP contribution in [-0.4, -0.2) is 11.7 Å². The first-order valence-electron chi connectivity index (χ1n) is 8.72. The van der Waals surface area contributed by atoms with E-state index in [4.69, 9.17) is 0 Å². The van der Waals surface area contributed by atoms with Crippen LogP contribution in [-0.2, 0) is 4.79 Å². The smallest absolute Gasteiger partial charge is 0.267 e. The van der Waals surface area contributed by atoms with Gasteiger partial charge in [0.2, 0.25) is 0 Å². The molecule has 0 saturated heterocycles. The second-order valence-electron chi connectivity index (χ2n) is 6.60. The maximum atomic E-state index is 12.6. The molecular formula is C22H23N3O2. The molecule has 138 valence electrons. The summed E-state index contributed by atoms with van der Waals surface area (Å²) in [6.07, 6.45) is 1.35. The van der Waals surface area contributed by atoms with Gasteiger partial charge in [-0.25, -0.2) is 0 Å². The van der Waals surface area contributed by atoms with E-state index in [1.165, 1.54) is 13.1 Å². The summed E-state index contributed by atoms with van der Waals surface area (Å²) in [5.74, 6) is -0.298. The Morgan fingerprint density at radius 1 is 1.15 bits per heavy atom. The first-order chi connectivity index (χ1) is 12.8. The number of rotatable bonds is 6. The van der Waals surface area contributed by atoms with Gasteiger partial charge in [0, 0.05) is 23.1 Å². The van der Waals surface area contributed by atoms with Crippen LogP contribution in [0.1, 0.15) is 48.2 Å². The molecule has 5 heteroatoms. The molecule has 0 aliphatic heterocycles. The Kier molecular flexibility index (Phi) is 6.51. The van der Waals surface area contributed by atoms with Crippen molar-refractivity contribution in [2.45, 2.75) is 33.6 Å². The molecule has 0 spiro atoms. The minimum Gasteiger partial charge on any atom is -0.360 e. The number of nitrogens with one attached hydrogen (secondary N) is 2. The number of amides is 1. The molecule has 0 fully saturated rings. The van der Waals surface area contributed by atoms with E-state index >= 15 is 0 Å². The molecule has 1 amide bonds. The van der Waals surface area contributed by atoms with Crippen LogP contribution in [0.4, 0.5) is 11.4 Å². The van der Waals surface area contributed by atoms with Crippen molar-refractivity contribution < 1.29 is 9.59 Å². The van der Waals surface area contributed by atoms with Gasteiger partial charge >= 0.3 is 0 Å². The van der Waals surface area contributed by atoms with Crippen molar-refractivity contribution >= 4 is 23.1 Å². The zero-order valence-electron chi connectivity index (χ0n) is 16.0. The summed E-state index contributed by atoms with van der Waals surface area (Å²) in [7, 11) is 0. The third-order valence-electron chi connectivity index (χ3n) is 4.18. The topological polar surface area (TPSA) is 82.0 Å². The van der Waals surface area contributed by atoms with E-state index in [1.54, 1.807) is 24.3 Å². The van der Waals surface area contributed by atoms with Gasteiger partial charge in [-0.2, -0.15) is 5.26 Å².